The third-order valence-corrected chi connectivity index (χ3v) is 3.64. The maximum atomic E-state index is 5.64. The second-order valence-corrected chi connectivity index (χ2v) is 4.50. The van der Waals surface area contributed by atoms with E-state index in [0.717, 1.165) is 4.88 Å². The quantitative estimate of drug-likeness (QED) is 0.874. The second kappa shape index (κ2) is 4.08. The zero-order valence-electron chi connectivity index (χ0n) is 7.69. The van der Waals surface area contributed by atoms with Gasteiger partial charge in [-0.25, -0.2) is 0 Å². The van der Waals surface area contributed by atoms with Crippen LogP contribution in [-0.4, -0.2) is 11.5 Å². The van der Waals surface area contributed by atoms with Crippen molar-refractivity contribution in [1.29, 1.82) is 0 Å². The average molecular weight is 226 g/mol. The number of aromatic nitrogens is 1. The van der Waals surface area contributed by atoms with E-state index in [1.54, 1.807) is 18.4 Å². The van der Waals surface area contributed by atoms with Crippen LogP contribution in [-0.2, 0) is 6.54 Å². The van der Waals surface area contributed by atoms with Gasteiger partial charge in [-0.3, -0.25) is 0 Å². The molecule has 2 N–H and O–H groups in total. The van der Waals surface area contributed by atoms with Gasteiger partial charge in [-0.05, 0) is 23.0 Å². The molecule has 2 rings (SSSR count). The van der Waals surface area contributed by atoms with E-state index in [0.29, 0.717) is 12.4 Å². The van der Waals surface area contributed by atoms with Crippen LogP contribution in [0.15, 0.2) is 17.5 Å². The van der Waals surface area contributed by atoms with Crippen molar-refractivity contribution < 1.29 is 4.74 Å². The molecule has 0 aliphatic heterocycles. The first-order valence-electron chi connectivity index (χ1n) is 4.12. The summed E-state index contributed by atoms with van der Waals surface area (Å²) in [6, 6.07) is 4.01. The van der Waals surface area contributed by atoms with E-state index in [9.17, 15) is 0 Å². The van der Waals surface area contributed by atoms with E-state index in [1.165, 1.54) is 22.0 Å². The molecule has 0 bridgehead atoms. The Morgan fingerprint density at radius 2 is 2.43 bits per heavy atom. The minimum atomic E-state index is 0.577. The Morgan fingerprint density at radius 3 is 3.07 bits per heavy atom. The van der Waals surface area contributed by atoms with Crippen molar-refractivity contribution in [3.05, 3.63) is 22.4 Å². The zero-order chi connectivity index (χ0) is 9.97. The van der Waals surface area contributed by atoms with Crippen LogP contribution in [0.2, 0.25) is 0 Å². The first-order chi connectivity index (χ1) is 6.85. The van der Waals surface area contributed by atoms with Gasteiger partial charge in [0.1, 0.15) is 0 Å². The summed E-state index contributed by atoms with van der Waals surface area (Å²) in [5.41, 5.74) is 6.81. The normalized spacial score (nSPS) is 10.4. The van der Waals surface area contributed by atoms with Crippen LogP contribution in [0.4, 0.5) is 0 Å². The molecule has 2 heterocycles. The van der Waals surface area contributed by atoms with Crippen LogP contribution in [0.25, 0.3) is 10.4 Å². The zero-order valence-corrected chi connectivity index (χ0v) is 9.32. The largest absolute Gasteiger partial charge is 0.480 e. The van der Waals surface area contributed by atoms with Crippen molar-refractivity contribution in [2.24, 2.45) is 5.73 Å². The molecule has 0 fully saturated rings. The number of ether oxygens (including phenoxy) is 1. The minimum absolute atomic E-state index is 0.577. The third kappa shape index (κ3) is 1.66. The fraction of sp³-hybridized carbons (Fsp3) is 0.222. The molecule has 0 radical (unpaired) electrons. The fourth-order valence-corrected chi connectivity index (χ4v) is 2.79. The average Bonchev–Trinajstić information content (AvgIpc) is 2.85. The summed E-state index contributed by atoms with van der Waals surface area (Å²) in [5.74, 6) is 0.666. The highest BCUT2D eigenvalue weighted by atomic mass is 32.1. The van der Waals surface area contributed by atoms with E-state index in [4.69, 9.17) is 10.5 Å². The molecule has 0 amide bonds. The highest BCUT2D eigenvalue weighted by molar-refractivity contribution is 7.12. The lowest BCUT2D eigenvalue weighted by molar-refractivity contribution is 0.403. The lowest BCUT2D eigenvalue weighted by atomic mass is 10.2. The summed E-state index contributed by atoms with van der Waals surface area (Å²) in [5, 5.41) is 2.05. The predicted octanol–water partition coefficient (Wildman–Crippen LogP) is 2.34. The van der Waals surface area contributed by atoms with Crippen molar-refractivity contribution in [3.8, 4) is 16.3 Å². The molecule has 0 aliphatic rings. The smallest absolute Gasteiger partial charge is 0.225 e. The van der Waals surface area contributed by atoms with Crippen LogP contribution < -0.4 is 10.5 Å². The third-order valence-electron chi connectivity index (χ3n) is 1.89. The number of nitrogens with zero attached hydrogens (tertiary/aromatic N) is 1. The van der Waals surface area contributed by atoms with Crippen molar-refractivity contribution >= 4 is 22.9 Å². The van der Waals surface area contributed by atoms with E-state index < -0.39 is 0 Å². The number of hydrogen-bond donors (Lipinski definition) is 1. The molecule has 2 aromatic rings. The fourth-order valence-electron chi connectivity index (χ4n) is 1.20. The molecule has 74 valence electrons. The highest BCUT2D eigenvalue weighted by Crippen LogP contribution is 2.33. The Balaban J connectivity index is 2.38. The van der Waals surface area contributed by atoms with Gasteiger partial charge < -0.3 is 10.5 Å². The van der Waals surface area contributed by atoms with Crippen molar-refractivity contribution in [2.45, 2.75) is 6.54 Å². The minimum Gasteiger partial charge on any atom is -0.480 e. The van der Waals surface area contributed by atoms with Gasteiger partial charge in [0.05, 0.1) is 12.0 Å². The Hall–Kier alpha value is -0.910. The summed E-state index contributed by atoms with van der Waals surface area (Å²) in [6.45, 7) is 0.577. The molecule has 0 aliphatic carbocycles. The molecule has 0 unspecified atom stereocenters. The van der Waals surface area contributed by atoms with Gasteiger partial charge >= 0.3 is 0 Å². The molecular weight excluding hydrogens is 216 g/mol. The number of thiophene rings is 1. The summed E-state index contributed by atoms with van der Waals surface area (Å²) < 4.78 is 9.19. The summed E-state index contributed by atoms with van der Waals surface area (Å²) in [7, 11) is 1.62. The first-order valence-corrected chi connectivity index (χ1v) is 5.78. The number of rotatable bonds is 3. The lowest BCUT2D eigenvalue weighted by Crippen LogP contribution is -1.93. The van der Waals surface area contributed by atoms with E-state index in [-0.39, 0.29) is 0 Å². The van der Waals surface area contributed by atoms with E-state index in [2.05, 4.69) is 10.4 Å². The SMILES string of the molecule is COc1cc(-c2ccsc2CN)sn1. The maximum Gasteiger partial charge on any atom is 0.225 e. The van der Waals surface area contributed by atoms with Crippen LogP contribution >= 0.6 is 22.9 Å². The first kappa shape index (κ1) is 9.64. The number of hydrogen-bond acceptors (Lipinski definition) is 5. The molecule has 3 nitrogen and oxygen atoms in total. The van der Waals surface area contributed by atoms with Gasteiger partial charge in [-0.15, -0.1) is 11.3 Å². The Kier molecular flexibility index (Phi) is 2.81. The van der Waals surface area contributed by atoms with Crippen LogP contribution in [0.5, 0.6) is 5.88 Å². The van der Waals surface area contributed by atoms with Gasteiger partial charge in [0, 0.05) is 23.1 Å². The van der Waals surface area contributed by atoms with Gasteiger partial charge in [0.2, 0.25) is 5.88 Å². The molecule has 2 aromatic heterocycles. The Bertz CT molecular complexity index is 422. The molecule has 14 heavy (non-hydrogen) atoms. The summed E-state index contributed by atoms with van der Waals surface area (Å²) >= 11 is 3.11. The van der Waals surface area contributed by atoms with Crippen LogP contribution in [0.3, 0.4) is 0 Å². The molecule has 0 saturated carbocycles. The Labute approximate surface area is 90.3 Å². The van der Waals surface area contributed by atoms with Gasteiger partial charge in [-0.1, -0.05) is 0 Å². The highest BCUT2D eigenvalue weighted by Gasteiger charge is 2.09. The van der Waals surface area contributed by atoms with Gasteiger partial charge in [0.25, 0.3) is 0 Å². The lowest BCUT2D eigenvalue weighted by Gasteiger charge is -1.95. The van der Waals surface area contributed by atoms with Crippen LogP contribution in [0, 0.1) is 0 Å². The molecule has 0 spiro atoms. The monoisotopic (exact) mass is 226 g/mol. The number of methoxy groups -OCH3 is 1. The van der Waals surface area contributed by atoms with Crippen molar-refractivity contribution in [1.82, 2.24) is 4.37 Å². The summed E-state index contributed by atoms with van der Waals surface area (Å²) in [6.07, 6.45) is 0. The van der Waals surface area contributed by atoms with Crippen LogP contribution in [0.1, 0.15) is 4.88 Å². The van der Waals surface area contributed by atoms with E-state index in [1.807, 2.05) is 11.4 Å². The van der Waals surface area contributed by atoms with E-state index >= 15 is 0 Å². The summed E-state index contributed by atoms with van der Waals surface area (Å²) in [4.78, 5) is 2.31. The van der Waals surface area contributed by atoms with Crippen molar-refractivity contribution in [2.75, 3.05) is 7.11 Å². The van der Waals surface area contributed by atoms with Gasteiger partial charge in [0.15, 0.2) is 0 Å². The number of nitrogens with two attached hydrogens (primary N) is 1. The second-order valence-electron chi connectivity index (χ2n) is 2.70. The maximum absolute atomic E-state index is 5.64. The van der Waals surface area contributed by atoms with Crippen molar-refractivity contribution in [3.63, 3.8) is 0 Å². The standard InChI is InChI=1S/C9H10N2OS2/c1-12-9-4-7(14-11-9)6-2-3-13-8(6)5-10/h2-4H,5,10H2,1H3. The Morgan fingerprint density at radius 1 is 1.57 bits per heavy atom. The molecule has 0 aromatic carbocycles. The molecular formula is C9H10N2OS2. The van der Waals surface area contributed by atoms with Gasteiger partial charge in [-0.2, -0.15) is 4.37 Å². The predicted molar refractivity (Wildman–Crippen MR) is 59.9 cm³/mol. The molecule has 5 heteroatoms. The topological polar surface area (TPSA) is 48.1 Å². The molecule has 0 atom stereocenters. The molecule has 0 saturated heterocycles.